The number of carbonyl (C=O) groups excluding carboxylic acids is 2. The van der Waals surface area contributed by atoms with Crippen LogP contribution in [-0.2, 0) is 16.0 Å². The van der Waals surface area contributed by atoms with Gasteiger partial charge in [-0.05, 0) is 54.8 Å². The lowest BCUT2D eigenvalue weighted by Gasteiger charge is -2.09. The van der Waals surface area contributed by atoms with E-state index in [4.69, 9.17) is 9.47 Å². The maximum atomic E-state index is 12.1. The zero-order valence-corrected chi connectivity index (χ0v) is 17.4. The predicted molar refractivity (Wildman–Crippen MR) is 115 cm³/mol. The molecule has 5 heteroatoms. The van der Waals surface area contributed by atoms with Crippen LogP contribution in [0.15, 0.2) is 48.5 Å². The van der Waals surface area contributed by atoms with Crippen LogP contribution < -0.4 is 10.1 Å². The Kier molecular flexibility index (Phi) is 9.76. The van der Waals surface area contributed by atoms with Crippen LogP contribution >= 0.6 is 0 Å². The summed E-state index contributed by atoms with van der Waals surface area (Å²) in [5.74, 6) is 0.0696. The molecule has 2 rings (SSSR count). The molecule has 1 amide bonds. The van der Waals surface area contributed by atoms with Gasteiger partial charge in [0.05, 0.1) is 12.2 Å². The topological polar surface area (TPSA) is 64.6 Å². The number of unbranched alkanes of at least 4 members (excludes halogenated alkanes) is 3. The molecular weight excluding hydrogens is 366 g/mol. The van der Waals surface area contributed by atoms with Gasteiger partial charge in [-0.25, -0.2) is 4.79 Å². The molecule has 29 heavy (non-hydrogen) atoms. The fourth-order valence-corrected chi connectivity index (χ4v) is 2.85. The molecule has 0 aliphatic heterocycles. The van der Waals surface area contributed by atoms with Crippen molar-refractivity contribution in [3.8, 4) is 5.75 Å². The van der Waals surface area contributed by atoms with E-state index in [2.05, 4.69) is 19.2 Å². The Bertz CT molecular complexity index is 753. The zero-order chi connectivity index (χ0) is 20.9. The van der Waals surface area contributed by atoms with Crippen LogP contribution in [0.3, 0.4) is 0 Å². The lowest BCUT2D eigenvalue weighted by molar-refractivity contribution is -0.118. The van der Waals surface area contributed by atoms with Crippen LogP contribution in [0.5, 0.6) is 5.75 Å². The molecule has 2 aromatic carbocycles. The van der Waals surface area contributed by atoms with Crippen LogP contribution in [0.4, 0.5) is 5.69 Å². The molecule has 0 aromatic heterocycles. The van der Waals surface area contributed by atoms with Crippen LogP contribution in [0.2, 0.25) is 0 Å². The van der Waals surface area contributed by atoms with Crippen molar-refractivity contribution in [2.24, 2.45) is 0 Å². The molecule has 0 unspecified atom stereocenters. The Labute approximate surface area is 173 Å². The van der Waals surface area contributed by atoms with Crippen molar-refractivity contribution in [2.45, 2.75) is 52.4 Å². The average Bonchev–Trinajstić information content (AvgIpc) is 2.74. The van der Waals surface area contributed by atoms with Gasteiger partial charge in [0.25, 0.3) is 5.91 Å². The van der Waals surface area contributed by atoms with E-state index in [9.17, 15) is 9.59 Å². The van der Waals surface area contributed by atoms with Crippen molar-refractivity contribution in [1.29, 1.82) is 0 Å². The summed E-state index contributed by atoms with van der Waals surface area (Å²) in [6, 6.07) is 14.4. The highest BCUT2D eigenvalue weighted by Gasteiger charge is 2.08. The Hall–Kier alpha value is -2.82. The normalized spacial score (nSPS) is 10.4. The molecular formula is C24H31NO4. The first-order chi connectivity index (χ1) is 14.1. The second kappa shape index (κ2) is 12.6. The summed E-state index contributed by atoms with van der Waals surface area (Å²) in [7, 11) is 0. The molecule has 0 atom stereocenters. The summed E-state index contributed by atoms with van der Waals surface area (Å²) in [4.78, 5) is 24.1. The number of nitrogens with one attached hydrogen (secondary N) is 1. The molecule has 5 nitrogen and oxygen atoms in total. The summed E-state index contributed by atoms with van der Waals surface area (Å²) in [6.45, 7) is 4.64. The lowest BCUT2D eigenvalue weighted by Crippen LogP contribution is -2.20. The minimum atomic E-state index is -0.339. The fraction of sp³-hybridized carbons (Fsp3) is 0.417. The Morgan fingerprint density at radius 2 is 1.59 bits per heavy atom. The molecule has 0 aliphatic rings. The number of carbonyl (C=O) groups is 2. The molecule has 0 bridgehead atoms. The minimum Gasteiger partial charge on any atom is -0.484 e. The van der Waals surface area contributed by atoms with Gasteiger partial charge in [-0.2, -0.15) is 0 Å². The molecule has 0 spiro atoms. The van der Waals surface area contributed by atoms with Crippen molar-refractivity contribution in [3.05, 3.63) is 59.7 Å². The number of hydrogen-bond donors (Lipinski definition) is 1. The Morgan fingerprint density at radius 3 is 2.24 bits per heavy atom. The largest absolute Gasteiger partial charge is 0.484 e. The molecule has 156 valence electrons. The van der Waals surface area contributed by atoms with Crippen LogP contribution in [-0.4, -0.2) is 25.1 Å². The van der Waals surface area contributed by atoms with Gasteiger partial charge in [-0.1, -0.05) is 51.7 Å². The third-order valence-corrected chi connectivity index (χ3v) is 4.47. The maximum absolute atomic E-state index is 12.1. The van der Waals surface area contributed by atoms with Gasteiger partial charge >= 0.3 is 5.97 Å². The number of benzene rings is 2. The molecule has 0 fully saturated rings. The maximum Gasteiger partial charge on any atom is 0.338 e. The molecule has 0 aliphatic carbocycles. The van der Waals surface area contributed by atoms with Crippen molar-refractivity contribution >= 4 is 17.6 Å². The highest BCUT2D eigenvalue weighted by atomic mass is 16.5. The van der Waals surface area contributed by atoms with Crippen LogP contribution in [0.1, 0.15) is 61.9 Å². The van der Waals surface area contributed by atoms with E-state index in [0.717, 1.165) is 38.5 Å². The third kappa shape index (κ3) is 8.38. The fourth-order valence-electron chi connectivity index (χ4n) is 2.85. The van der Waals surface area contributed by atoms with E-state index in [-0.39, 0.29) is 18.5 Å². The van der Waals surface area contributed by atoms with Crippen LogP contribution in [0.25, 0.3) is 0 Å². The molecule has 0 radical (unpaired) electrons. The van der Waals surface area contributed by atoms with Gasteiger partial charge in [0, 0.05) is 5.69 Å². The van der Waals surface area contributed by atoms with Gasteiger partial charge in [-0.3, -0.25) is 4.79 Å². The van der Waals surface area contributed by atoms with E-state index in [1.807, 2.05) is 24.3 Å². The summed E-state index contributed by atoms with van der Waals surface area (Å²) in [6.07, 6.45) is 6.38. The standard InChI is InChI=1S/C24H31NO4/c1-3-5-6-7-17-28-24(27)20-11-13-21(14-12-20)25-23(26)18-29-22-15-9-19(8-4-2)10-16-22/h9-16H,3-8,17-18H2,1-2H3,(H,25,26). The Balaban J connectivity index is 1.73. The SMILES string of the molecule is CCCCCCOC(=O)c1ccc(NC(=O)COc2ccc(CCC)cc2)cc1. The van der Waals surface area contributed by atoms with E-state index in [1.165, 1.54) is 5.56 Å². The average molecular weight is 398 g/mol. The van der Waals surface area contributed by atoms with E-state index < -0.39 is 0 Å². The summed E-state index contributed by atoms with van der Waals surface area (Å²) >= 11 is 0. The van der Waals surface area contributed by atoms with Crippen molar-refractivity contribution in [3.63, 3.8) is 0 Å². The number of hydrogen-bond acceptors (Lipinski definition) is 4. The highest BCUT2D eigenvalue weighted by Crippen LogP contribution is 2.14. The van der Waals surface area contributed by atoms with Gasteiger partial charge in [0.1, 0.15) is 5.75 Å². The molecule has 1 N–H and O–H groups in total. The summed E-state index contributed by atoms with van der Waals surface area (Å²) in [5, 5.41) is 2.76. The minimum absolute atomic E-state index is 0.0747. The van der Waals surface area contributed by atoms with Crippen molar-refractivity contribution < 1.29 is 19.1 Å². The van der Waals surface area contributed by atoms with E-state index >= 15 is 0 Å². The second-order valence-electron chi connectivity index (χ2n) is 7.00. The second-order valence-corrected chi connectivity index (χ2v) is 7.00. The number of anilines is 1. The smallest absolute Gasteiger partial charge is 0.338 e. The summed E-state index contributed by atoms with van der Waals surface area (Å²) < 4.78 is 10.8. The number of aryl methyl sites for hydroxylation is 1. The molecule has 2 aromatic rings. The first-order valence-electron chi connectivity index (χ1n) is 10.4. The predicted octanol–water partition coefficient (Wildman–Crippen LogP) is 5.39. The number of amides is 1. The van der Waals surface area contributed by atoms with Gasteiger partial charge in [0.15, 0.2) is 6.61 Å². The quantitative estimate of drug-likeness (QED) is 0.385. The van der Waals surface area contributed by atoms with Crippen molar-refractivity contribution in [1.82, 2.24) is 0 Å². The van der Waals surface area contributed by atoms with Gasteiger partial charge in [-0.15, -0.1) is 0 Å². The first-order valence-corrected chi connectivity index (χ1v) is 10.4. The van der Waals surface area contributed by atoms with Gasteiger partial charge < -0.3 is 14.8 Å². The number of esters is 1. The van der Waals surface area contributed by atoms with Crippen molar-refractivity contribution in [2.75, 3.05) is 18.5 Å². The molecule has 0 saturated carbocycles. The molecule has 0 saturated heterocycles. The van der Waals surface area contributed by atoms with E-state index in [0.29, 0.717) is 23.6 Å². The van der Waals surface area contributed by atoms with Crippen LogP contribution in [0, 0.1) is 0 Å². The summed E-state index contributed by atoms with van der Waals surface area (Å²) in [5.41, 5.74) is 2.34. The molecule has 0 heterocycles. The van der Waals surface area contributed by atoms with Gasteiger partial charge in [0.2, 0.25) is 0 Å². The number of ether oxygens (including phenoxy) is 2. The first kappa shape index (κ1) is 22.5. The monoisotopic (exact) mass is 397 g/mol. The highest BCUT2D eigenvalue weighted by molar-refractivity contribution is 5.93. The number of rotatable bonds is 12. The Morgan fingerprint density at radius 1 is 0.862 bits per heavy atom. The third-order valence-electron chi connectivity index (χ3n) is 4.47. The van der Waals surface area contributed by atoms with E-state index in [1.54, 1.807) is 24.3 Å². The lowest BCUT2D eigenvalue weighted by atomic mass is 10.1. The zero-order valence-electron chi connectivity index (χ0n) is 17.4.